The van der Waals surface area contributed by atoms with E-state index in [4.69, 9.17) is 0 Å². The molecule has 0 saturated carbocycles. The highest BCUT2D eigenvalue weighted by atomic mass is 32.2. The number of rotatable bonds is 1. The Morgan fingerprint density at radius 1 is 1.64 bits per heavy atom. The van der Waals surface area contributed by atoms with Gasteiger partial charge in [-0.15, -0.1) is 13.2 Å². The number of hydrogen-bond donors (Lipinski definition) is 2. The fourth-order valence-corrected chi connectivity index (χ4v) is 1.12. The smallest absolute Gasteiger partial charge is 0.381 e. The van der Waals surface area contributed by atoms with Crippen LogP contribution in [0, 0.1) is 0 Å². The predicted molar refractivity (Wildman–Crippen MR) is 35.8 cm³/mol. The highest BCUT2D eigenvalue weighted by Gasteiger charge is 2.38. The monoisotopic (exact) mass is 185 g/mol. The average molecular weight is 185 g/mol. The van der Waals surface area contributed by atoms with E-state index < -0.39 is 6.30 Å². The first-order chi connectivity index (χ1) is 5.04. The molecule has 3 nitrogen and oxygen atoms in total. The van der Waals surface area contributed by atoms with Crippen LogP contribution in [0.5, 0.6) is 0 Å². The van der Waals surface area contributed by atoms with Crippen LogP contribution in [-0.4, -0.2) is 18.4 Å². The van der Waals surface area contributed by atoms with E-state index in [9.17, 15) is 13.2 Å². The number of nitrogens with zero attached hydrogens (tertiary/aromatic N) is 1. The first kappa shape index (κ1) is 8.54. The van der Waals surface area contributed by atoms with Crippen molar-refractivity contribution >= 4 is 11.9 Å². The third kappa shape index (κ3) is 1.93. The summed E-state index contributed by atoms with van der Waals surface area (Å²) in [5.74, 6) is 0. The van der Waals surface area contributed by atoms with Gasteiger partial charge in [-0.05, 0) is 11.9 Å². The summed E-state index contributed by atoms with van der Waals surface area (Å²) in [4.78, 5) is 2.07. The van der Waals surface area contributed by atoms with Crippen molar-refractivity contribution in [3.63, 3.8) is 0 Å². The highest BCUT2D eigenvalue weighted by molar-refractivity contribution is 8.01. The minimum atomic E-state index is -4.36. The summed E-state index contributed by atoms with van der Waals surface area (Å²) in [6.45, 7) is 0. The summed E-state index contributed by atoms with van der Waals surface area (Å²) in [6.07, 6.45) is -3.41. The molecule has 0 unspecified atom stereocenters. The van der Waals surface area contributed by atoms with E-state index in [1.54, 1.807) is 7.05 Å². The zero-order valence-electron chi connectivity index (χ0n) is 5.57. The van der Waals surface area contributed by atoms with Gasteiger partial charge in [0.1, 0.15) is 5.03 Å². The highest BCUT2D eigenvalue weighted by Crippen LogP contribution is 2.27. The molecule has 1 rings (SSSR count). The number of nitrogens with one attached hydrogen (secondary N) is 2. The van der Waals surface area contributed by atoms with Crippen molar-refractivity contribution in [3.8, 4) is 0 Å². The van der Waals surface area contributed by atoms with Gasteiger partial charge in [-0.2, -0.15) is 4.83 Å². The number of hydrazine groups is 1. The molecule has 11 heavy (non-hydrogen) atoms. The lowest BCUT2D eigenvalue weighted by molar-refractivity contribution is -0.234. The number of alkyl halides is 3. The Morgan fingerprint density at radius 2 is 2.27 bits per heavy atom. The van der Waals surface area contributed by atoms with E-state index >= 15 is 0 Å². The Kier molecular flexibility index (Phi) is 2.19. The van der Waals surface area contributed by atoms with Crippen molar-refractivity contribution in [1.82, 2.24) is 15.2 Å². The molecule has 0 radical (unpaired) electrons. The van der Waals surface area contributed by atoms with Crippen LogP contribution in [0.25, 0.3) is 0 Å². The van der Waals surface area contributed by atoms with E-state index in [1.165, 1.54) is 0 Å². The largest absolute Gasteiger partial charge is 0.499 e. The van der Waals surface area contributed by atoms with Gasteiger partial charge in [0.2, 0.25) is 0 Å². The minimum Gasteiger partial charge on any atom is -0.381 e. The molecule has 2 N–H and O–H groups in total. The van der Waals surface area contributed by atoms with E-state index in [2.05, 4.69) is 10.1 Å². The van der Waals surface area contributed by atoms with Crippen LogP contribution in [0.15, 0.2) is 11.2 Å². The molecule has 0 fully saturated rings. The van der Waals surface area contributed by atoms with E-state index in [1.807, 2.05) is 0 Å². The van der Waals surface area contributed by atoms with Crippen molar-refractivity contribution in [1.29, 1.82) is 0 Å². The Morgan fingerprint density at radius 3 is 2.55 bits per heavy atom. The fourth-order valence-electron chi connectivity index (χ4n) is 0.509. The Bertz CT molecular complexity index is 178. The Balaban J connectivity index is 2.59. The first-order valence-electron chi connectivity index (χ1n) is 2.72. The summed E-state index contributed by atoms with van der Waals surface area (Å²) in [5, 5.41) is 3.11. The van der Waals surface area contributed by atoms with Gasteiger partial charge in [0.15, 0.2) is 0 Å². The Hall–Kier alpha value is -0.560. The molecular formula is C4H6F3N3S. The number of hydrogen-bond acceptors (Lipinski definition) is 4. The normalized spacial score (nSPS) is 18.5. The Labute approximate surface area is 65.7 Å². The summed E-state index contributed by atoms with van der Waals surface area (Å²) in [5.41, 5.74) is 0. The first-order valence-corrected chi connectivity index (χ1v) is 3.54. The van der Waals surface area contributed by atoms with Gasteiger partial charge >= 0.3 is 6.30 Å². The lowest BCUT2D eigenvalue weighted by atomic mass is 10.8. The summed E-state index contributed by atoms with van der Waals surface area (Å²) >= 11 is 0.883. The van der Waals surface area contributed by atoms with Gasteiger partial charge in [0.25, 0.3) is 0 Å². The topological polar surface area (TPSA) is 27.3 Å². The zero-order valence-corrected chi connectivity index (χ0v) is 6.38. The van der Waals surface area contributed by atoms with E-state index in [0.29, 0.717) is 5.03 Å². The standard InChI is InChI=1S/C4H6F3N3S/c1-8-3-2-10(9-11-3)4(5,6)7/h2,8-9H,1H3. The van der Waals surface area contributed by atoms with Crippen LogP contribution in [0.1, 0.15) is 0 Å². The molecule has 7 heteroatoms. The second kappa shape index (κ2) is 2.82. The van der Waals surface area contributed by atoms with Gasteiger partial charge in [-0.25, -0.2) is 5.01 Å². The second-order valence-corrected chi connectivity index (χ2v) is 2.60. The average Bonchev–Trinajstić information content (AvgIpc) is 2.32. The van der Waals surface area contributed by atoms with Gasteiger partial charge in [0, 0.05) is 7.05 Å². The molecular weight excluding hydrogens is 179 g/mol. The summed E-state index contributed by atoms with van der Waals surface area (Å²) in [6, 6.07) is 0. The van der Waals surface area contributed by atoms with Crippen molar-refractivity contribution in [3.05, 3.63) is 11.2 Å². The molecule has 1 heterocycles. The van der Waals surface area contributed by atoms with Crippen LogP contribution < -0.4 is 10.1 Å². The molecule has 0 aromatic heterocycles. The van der Waals surface area contributed by atoms with Crippen LogP contribution in [0.2, 0.25) is 0 Å². The van der Waals surface area contributed by atoms with Crippen molar-refractivity contribution < 1.29 is 13.2 Å². The molecule has 0 amide bonds. The van der Waals surface area contributed by atoms with Crippen LogP contribution in [-0.2, 0) is 0 Å². The van der Waals surface area contributed by atoms with E-state index in [0.717, 1.165) is 18.1 Å². The summed E-state index contributed by atoms with van der Waals surface area (Å²) < 4.78 is 35.5. The molecule has 0 spiro atoms. The molecule has 1 aliphatic heterocycles. The fraction of sp³-hybridized carbons (Fsp3) is 0.500. The minimum absolute atomic E-state index is 0.0868. The quantitative estimate of drug-likeness (QED) is 0.470. The molecule has 64 valence electrons. The molecule has 1 aliphatic rings. The van der Waals surface area contributed by atoms with Crippen LogP contribution >= 0.6 is 11.9 Å². The molecule has 0 saturated heterocycles. The van der Waals surface area contributed by atoms with Gasteiger partial charge in [-0.1, -0.05) is 0 Å². The van der Waals surface area contributed by atoms with Crippen molar-refractivity contribution in [2.75, 3.05) is 7.05 Å². The molecule has 0 aliphatic carbocycles. The van der Waals surface area contributed by atoms with Crippen LogP contribution in [0.4, 0.5) is 13.2 Å². The molecule has 0 aromatic carbocycles. The van der Waals surface area contributed by atoms with Gasteiger partial charge in [-0.3, -0.25) is 0 Å². The lowest BCUT2D eigenvalue weighted by Crippen LogP contribution is -2.37. The van der Waals surface area contributed by atoms with Crippen molar-refractivity contribution in [2.24, 2.45) is 0 Å². The molecule has 0 aromatic rings. The van der Waals surface area contributed by atoms with Gasteiger partial charge < -0.3 is 5.32 Å². The second-order valence-electron chi connectivity index (χ2n) is 1.77. The SMILES string of the molecule is CNC1=CN(C(F)(F)F)NS1. The maximum absolute atomic E-state index is 11.8. The third-order valence-electron chi connectivity index (χ3n) is 1.02. The molecule has 0 atom stereocenters. The molecule has 0 bridgehead atoms. The predicted octanol–water partition coefficient (Wildman–Crippen LogP) is 0.993. The summed E-state index contributed by atoms with van der Waals surface area (Å²) in [7, 11) is 1.56. The maximum Gasteiger partial charge on any atom is 0.499 e. The lowest BCUT2D eigenvalue weighted by Gasteiger charge is -2.16. The van der Waals surface area contributed by atoms with Crippen molar-refractivity contribution in [2.45, 2.75) is 6.30 Å². The number of halogens is 3. The van der Waals surface area contributed by atoms with Gasteiger partial charge in [0.05, 0.1) is 6.20 Å². The third-order valence-corrected chi connectivity index (χ3v) is 1.84. The maximum atomic E-state index is 11.8. The zero-order chi connectivity index (χ0) is 8.48. The van der Waals surface area contributed by atoms with Crippen LogP contribution in [0.3, 0.4) is 0 Å². The van der Waals surface area contributed by atoms with E-state index in [-0.39, 0.29) is 5.01 Å².